The van der Waals surface area contributed by atoms with E-state index in [9.17, 15) is 9.59 Å². The molecule has 2 bridgehead atoms. The number of imide groups is 1. The Kier molecular flexibility index (Phi) is 4.11. The van der Waals surface area contributed by atoms with Crippen LogP contribution in [0, 0.1) is 44.4 Å². The lowest BCUT2D eigenvalue weighted by Crippen LogP contribution is -2.33. The first-order valence-electron chi connectivity index (χ1n) is 10.4. The maximum atomic E-state index is 13.4. The molecule has 5 heteroatoms. The number of hydrogen-bond donors (Lipinski definition) is 0. The largest absolute Gasteiger partial charge is 0.274 e. The fourth-order valence-electron chi connectivity index (χ4n) is 5.81. The summed E-state index contributed by atoms with van der Waals surface area (Å²) in [5.74, 6) is 0.0620. The third-order valence-corrected chi connectivity index (χ3v) is 8.14. The lowest BCUT2D eigenvalue weighted by molar-refractivity contribution is -0.123. The Bertz CT molecular complexity index is 1060. The molecule has 3 fully saturated rings. The lowest BCUT2D eigenvalue weighted by atomic mass is 9.81. The van der Waals surface area contributed by atoms with E-state index in [4.69, 9.17) is 4.98 Å². The van der Waals surface area contributed by atoms with Gasteiger partial charge in [-0.3, -0.25) is 9.59 Å². The monoisotopic (exact) mass is 406 g/mol. The first-order chi connectivity index (χ1) is 13.8. The molecule has 0 spiro atoms. The van der Waals surface area contributed by atoms with Gasteiger partial charge < -0.3 is 0 Å². The van der Waals surface area contributed by atoms with E-state index in [-0.39, 0.29) is 35.5 Å². The average molecular weight is 407 g/mol. The van der Waals surface area contributed by atoms with Crippen molar-refractivity contribution in [2.75, 3.05) is 4.90 Å². The van der Waals surface area contributed by atoms with Crippen molar-refractivity contribution in [1.82, 2.24) is 4.98 Å². The number of rotatable bonds is 2. The molecule has 0 N–H and O–H groups in total. The van der Waals surface area contributed by atoms with Crippen LogP contribution in [0.5, 0.6) is 0 Å². The van der Waals surface area contributed by atoms with Gasteiger partial charge in [0.25, 0.3) is 0 Å². The van der Waals surface area contributed by atoms with Gasteiger partial charge in [-0.25, -0.2) is 9.88 Å². The van der Waals surface area contributed by atoms with Gasteiger partial charge in [0.2, 0.25) is 11.8 Å². The van der Waals surface area contributed by atoms with Crippen LogP contribution in [0.1, 0.15) is 42.7 Å². The molecule has 1 aliphatic heterocycles. The average Bonchev–Trinajstić information content (AvgIpc) is 3.39. The number of thiazole rings is 1. The van der Waals surface area contributed by atoms with Crippen molar-refractivity contribution in [3.63, 3.8) is 0 Å². The molecule has 1 aromatic heterocycles. The highest BCUT2D eigenvalue weighted by Crippen LogP contribution is 2.60. The summed E-state index contributed by atoms with van der Waals surface area (Å²) in [7, 11) is 0. The molecule has 2 heterocycles. The van der Waals surface area contributed by atoms with Crippen molar-refractivity contribution in [3.8, 4) is 11.3 Å². The normalized spacial score (nSPS) is 27.9. The van der Waals surface area contributed by atoms with Crippen LogP contribution >= 0.6 is 11.3 Å². The minimum atomic E-state index is -0.180. The van der Waals surface area contributed by atoms with Gasteiger partial charge in [0.15, 0.2) is 5.13 Å². The van der Waals surface area contributed by atoms with Crippen molar-refractivity contribution in [3.05, 3.63) is 45.3 Å². The summed E-state index contributed by atoms with van der Waals surface area (Å²) in [4.78, 5) is 33.9. The van der Waals surface area contributed by atoms with E-state index in [0.717, 1.165) is 29.0 Å². The van der Waals surface area contributed by atoms with Gasteiger partial charge >= 0.3 is 0 Å². The Morgan fingerprint density at radius 3 is 2.17 bits per heavy atom. The quantitative estimate of drug-likeness (QED) is 0.508. The van der Waals surface area contributed by atoms with Crippen molar-refractivity contribution < 1.29 is 9.59 Å². The predicted molar refractivity (Wildman–Crippen MR) is 116 cm³/mol. The zero-order chi connectivity index (χ0) is 20.6. The maximum absolute atomic E-state index is 13.4. The Labute approximate surface area is 175 Å². The van der Waals surface area contributed by atoms with Crippen molar-refractivity contribution in [2.24, 2.45) is 23.7 Å². The van der Waals surface area contributed by atoms with Crippen LogP contribution in [0.25, 0.3) is 11.3 Å². The predicted octanol–water partition coefficient (Wildman–Crippen LogP) is 5.22. The number of hydrogen-bond acceptors (Lipinski definition) is 4. The number of amides is 2. The molecule has 29 heavy (non-hydrogen) atoms. The second kappa shape index (κ2) is 6.36. The van der Waals surface area contributed by atoms with Gasteiger partial charge in [-0.2, -0.15) is 0 Å². The van der Waals surface area contributed by atoms with Gasteiger partial charge in [0.05, 0.1) is 17.5 Å². The highest BCUT2D eigenvalue weighted by atomic mass is 32.1. The number of nitrogens with zero attached hydrogens (tertiary/aromatic N) is 2. The van der Waals surface area contributed by atoms with E-state index < -0.39 is 0 Å². The van der Waals surface area contributed by atoms with Crippen LogP contribution in [0.3, 0.4) is 0 Å². The van der Waals surface area contributed by atoms with Crippen LogP contribution in [-0.2, 0) is 9.59 Å². The second-order valence-corrected chi connectivity index (χ2v) is 10.2. The zero-order valence-corrected chi connectivity index (χ0v) is 18.4. The smallest absolute Gasteiger partial charge is 0.240 e. The maximum Gasteiger partial charge on any atom is 0.240 e. The van der Waals surface area contributed by atoms with Crippen molar-refractivity contribution in [2.45, 2.75) is 47.5 Å². The molecule has 2 saturated carbocycles. The van der Waals surface area contributed by atoms with E-state index in [0.29, 0.717) is 5.13 Å². The molecule has 2 aromatic rings. The zero-order valence-electron chi connectivity index (χ0n) is 17.6. The topological polar surface area (TPSA) is 50.3 Å². The van der Waals surface area contributed by atoms with Gasteiger partial charge in [0, 0.05) is 10.4 Å². The first-order valence-corrected chi connectivity index (χ1v) is 11.2. The summed E-state index contributed by atoms with van der Waals surface area (Å²) < 4.78 is 0. The van der Waals surface area contributed by atoms with E-state index in [2.05, 4.69) is 45.9 Å². The number of fused-ring (bicyclic) bond motifs is 5. The van der Waals surface area contributed by atoms with E-state index in [1.807, 2.05) is 6.92 Å². The van der Waals surface area contributed by atoms with Crippen LogP contribution in [0.15, 0.2) is 29.3 Å². The Morgan fingerprint density at radius 2 is 1.62 bits per heavy atom. The summed E-state index contributed by atoms with van der Waals surface area (Å²) in [6, 6.07) is 6.29. The van der Waals surface area contributed by atoms with E-state index in [1.165, 1.54) is 38.5 Å². The van der Waals surface area contributed by atoms with Crippen LogP contribution in [0.4, 0.5) is 5.13 Å². The van der Waals surface area contributed by atoms with Gasteiger partial charge in [-0.1, -0.05) is 23.3 Å². The molecule has 2 amide bonds. The SMILES string of the molecule is CC(C)=C1[C@H]2CC[C@@H]1[C@H]1C(=O)N(c3nc(-c4ccc(C)c(C)c4)c(C)s3)C(=O)[C@H]12. The standard InChI is InChI=1S/C24H26N2O2S/c1-11(2)18-16-8-9-17(18)20-19(16)22(27)26(23(20)28)24-25-21(14(5)29-24)15-7-6-12(3)13(4)10-15/h6-7,10,16-17,19-20H,8-9H2,1-5H3/t16-,17+,19+,20-. The van der Waals surface area contributed by atoms with E-state index in [1.54, 1.807) is 0 Å². The molecular formula is C24H26N2O2S. The molecular weight excluding hydrogens is 380 g/mol. The van der Waals surface area contributed by atoms with Crippen LogP contribution in [-0.4, -0.2) is 16.8 Å². The Balaban J connectivity index is 1.52. The molecule has 1 saturated heterocycles. The van der Waals surface area contributed by atoms with Gasteiger partial charge in [-0.15, -0.1) is 11.3 Å². The molecule has 0 unspecified atom stereocenters. The van der Waals surface area contributed by atoms with Gasteiger partial charge in [-0.05, 0) is 76.5 Å². The second-order valence-electron chi connectivity index (χ2n) is 9.01. The molecule has 4 atom stereocenters. The summed E-state index contributed by atoms with van der Waals surface area (Å²) in [5.41, 5.74) is 7.04. The third-order valence-electron chi connectivity index (χ3n) is 7.19. The first kappa shape index (κ1) is 18.7. The van der Waals surface area contributed by atoms with Crippen molar-refractivity contribution >= 4 is 28.3 Å². The van der Waals surface area contributed by atoms with Crippen LogP contribution < -0.4 is 4.90 Å². The number of carbonyl (C=O) groups excluding carboxylic acids is 2. The Morgan fingerprint density at radius 1 is 1.00 bits per heavy atom. The number of anilines is 1. The number of aryl methyl sites for hydroxylation is 3. The minimum Gasteiger partial charge on any atom is -0.274 e. The summed E-state index contributed by atoms with van der Waals surface area (Å²) in [6.45, 7) is 10.4. The lowest BCUT2D eigenvalue weighted by Gasteiger charge is -2.18. The van der Waals surface area contributed by atoms with Crippen LogP contribution in [0.2, 0.25) is 0 Å². The molecule has 1 aromatic carbocycles. The number of benzene rings is 1. The summed E-state index contributed by atoms with van der Waals surface area (Å²) in [5, 5.41) is 0.540. The molecule has 0 radical (unpaired) electrons. The molecule has 2 aliphatic carbocycles. The fraction of sp³-hybridized carbons (Fsp3) is 0.458. The minimum absolute atomic E-state index is 0.0358. The Hall–Kier alpha value is -2.27. The van der Waals surface area contributed by atoms with Gasteiger partial charge in [0.1, 0.15) is 0 Å². The molecule has 3 aliphatic rings. The fourth-order valence-corrected chi connectivity index (χ4v) is 6.76. The number of allylic oxidation sites excluding steroid dienone is 2. The molecule has 4 nitrogen and oxygen atoms in total. The van der Waals surface area contributed by atoms with E-state index >= 15 is 0 Å². The molecule has 5 rings (SSSR count). The highest BCUT2D eigenvalue weighted by Gasteiger charge is 2.64. The number of aromatic nitrogens is 1. The number of carbonyl (C=O) groups is 2. The summed E-state index contributed by atoms with van der Waals surface area (Å²) in [6.07, 6.45) is 2.06. The highest BCUT2D eigenvalue weighted by molar-refractivity contribution is 7.16. The van der Waals surface area contributed by atoms with Crippen molar-refractivity contribution in [1.29, 1.82) is 0 Å². The molecule has 150 valence electrons. The summed E-state index contributed by atoms with van der Waals surface area (Å²) >= 11 is 1.45. The third kappa shape index (κ3) is 2.53.